The summed E-state index contributed by atoms with van der Waals surface area (Å²) >= 11 is 3.46. The van der Waals surface area contributed by atoms with E-state index in [1.54, 1.807) is 67.3 Å². The van der Waals surface area contributed by atoms with Crippen LogP contribution in [-0.4, -0.2) is 149 Å². The smallest absolute Gasteiger partial charge is 0.400 e. The summed E-state index contributed by atoms with van der Waals surface area (Å²) in [6.45, 7) is 15.0. The molecule has 140 heavy (non-hydrogen) atoms. The van der Waals surface area contributed by atoms with Crippen molar-refractivity contribution < 1.29 is 64.6 Å². The summed E-state index contributed by atoms with van der Waals surface area (Å²) in [5.41, 5.74) is 24.7. The number of aliphatic hydroxyl groups is 1. The van der Waals surface area contributed by atoms with Crippen molar-refractivity contribution in [1.82, 2.24) is 39.1 Å². The molecular weight excluding hydrogens is 1860 g/mol. The van der Waals surface area contributed by atoms with Gasteiger partial charge in [0.15, 0.2) is 27.7 Å². The molecule has 2 spiro atoms. The Kier molecular flexibility index (Phi) is 34.5. The number of aldehydes is 1. The number of sulfone groups is 1. The number of carbonyl (C=O) groups excluding carboxylic acids is 3. The van der Waals surface area contributed by atoms with Gasteiger partial charge in [0.05, 0.1) is 93.0 Å². The highest BCUT2D eigenvalue weighted by atomic mass is 79.9. The Morgan fingerprint density at radius 1 is 0.486 bits per heavy atom. The first-order chi connectivity index (χ1) is 67.7. The zero-order chi connectivity index (χ0) is 98.4. The van der Waals surface area contributed by atoms with Gasteiger partial charge in [-0.15, -0.1) is 0 Å². The minimum absolute atomic E-state index is 0.219. The number of nitrogens with two attached hydrogens (primary N) is 1. The standard InChI is InChI=1S/C22H23N3O2S.C17H17NO2.C15H15NO.C15H13NO.C14H23BO4.C11H10N2O.C9H6BrN.C8H11NO2S.CH4O/c1-16-6-12-19(13-7-16)28(26,27)25-24-18-10-8-17(9-11-18)20-14-15-23-22-5-3-2-4-21(20)22;1-2-4-16-15(3-1)14(7-10-18-16)13-5-8-17(9-6-13)19-11-12-20-17;2*17-12-7-5-11(6-8-12)13-9-10-16-15-4-2-1-3-14(13)15;1-12(2)13(3,4)19-15(18-12)11-5-7-14(8-6-11)16-9-10-17-14;14-6-10-9(8-1-2-8)3-4-13-7-12-5-11(10)13;10-8-5-6-11-9-4-2-1-3-7(8)9;1-7-2-4-8(5-3-7)12(10,11)6-9;1-2/h2-7,12-15,17,25H,8-11H2,1H3;1-5,7,10H,6,8-9,11-12H2;1-4,9-11H,5-8H2;1-5,9-10H,6-8H2;5H,6-10H2,1-4H3;3-8H,1-2H2;1-6H;2-5H,6,9H2,1H3;2H,1H3. The van der Waals surface area contributed by atoms with Crippen molar-refractivity contribution in [2.24, 2.45) is 10.8 Å². The number of para-hydroxylation sites is 5. The molecule has 10 heterocycles. The highest BCUT2D eigenvalue weighted by Crippen LogP contribution is 2.46. The van der Waals surface area contributed by atoms with Gasteiger partial charge in [-0.2, -0.15) is 13.5 Å². The molecule has 0 amide bonds. The molecule has 3 aliphatic heterocycles. The molecule has 4 N–H and O–H groups in total. The second kappa shape index (κ2) is 47.1. The van der Waals surface area contributed by atoms with E-state index in [9.17, 15) is 31.2 Å². The van der Waals surface area contributed by atoms with Crippen LogP contribution in [0.4, 0.5) is 0 Å². The van der Waals surface area contributed by atoms with Gasteiger partial charge in [0.1, 0.15) is 17.4 Å². The molecule has 0 radical (unpaired) electrons. The van der Waals surface area contributed by atoms with E-state index in [2.05, 4.69) is 162 Å². The predicted octanol–water partition coefficient (Wildman–Crippen LogP) is 22.7. The summed E-state index contributed by atoms with van der Waals surface area (Å²) in [4.78, 5) is 62.4. The fourth-order valence-corrected chi connectivity index (χ4v) is 20.6. The second-order valence-corrected chi connectivity index (χ2v) is 41.7. The Morgan fingerprint density at radius 2 is 0.921 bits per heavy atom. The lowest BCUT2D eigenvalue weighted by atomic mass is 9.71. The third-order valence-electron chi connectivity index (χ3n) is 27.3. The quantitative estimate of drug-likeness (QED) is 0.0581. The van der Waals surface area contributed by atoms with E-state index < -0.39 is 19.9 Å². The van der Waals surface area contributed by atoms with Gasteiger partial charge in [-0.05, 0) is 265 Å². The molecule has 23 rings (SSSR count). The summed E-state index contributed by atoms with van der Waals surface area (Å²) < 4.78 is 85.3. The van der Waals surface area contributed by atoms with Gasteiger partial charge in [0.25, 0.3) is 10.0 Å². The fraction of sp³-hybridized carbons (Fsp3) is 0.339. The van der Waals surface area contributed by atoms with Crippen LogP contribution in [0, 0.1) is 13.8 Å². The molecule has 3 saturated carbocycles. The van der Waals surface area contributed by atoms with E-state index in [-0.39, 0.29) is 45.6 Å². The van der Waals surface area contributed by atoms with Crippen LogP contribution in [0.3, 0.4) is 0 Å². The number of fused-ring (bicyclic) bond motifs is 6. The number of hydrazone groups is 1. The first-order valence-corrected chi connectivity index (χ1v) is 52.0. The number of imidazole rings is 1. The van der Waals surface area contributed by atoms with Gasteiger partial charge >= 0.3 is 7.12 Å². The lowest BCUT2D eigenvalue weighted by Gasteiger charge is -2.32. The summed E-state index contributed by atoms with van der Waals surface area (Å²) in [5, 5.41) is 17.2. The number of aryl methyl sites for hydroxylation is 2. The summed E-state index contributed by atoms with van der Waals surface area (Å²) in [7, 11) is -6.07. The molecule has 7 aromatic heterocycles. The van der Waals surface area contributed by atoms with E-state index in [1.807, 2.05) is 146 Å². The van der Waals surface area contributed by atoms with Gasteiger partial charge in [-0.1, -0.05) is 161 Å². The number of sulfonamides is 1. The molecule has 7 aromatic carbocycles. The zero-order valence-corrected chi connectivity index (χ0v) is 83.7. The van der Waals surface area contributed by atoms with E-state index in [0.717, 1.165) is 188 Å². The van der Waals surface area contributed by atoms with Crippen molar-refractivity contribution in [1.29, 1.82) is 0 Å². The lowest BCUT2D eigenvalue weighted by Crippen LogP contribution is -2.41. The molecule has 6 fully saturated rings. The monoisotopic (exact) mass is 1980 g/mol. The van der Waals surface area contributed by atoms with Gasteiger partial charge in [0, 0.05) is 138 Å². The molecule has 6 aliphatic carbocycles. The molecule has 9 aliphatic rings. The van der Waals surface area contributed by atoms with Crippen LogP contribution in [-0.2, 0) is 57.7 Å². The lowest BCUT2D eigenvalue weighted by molar-refractivity contribution is -0.161. The zero-order valence-electron chi connectivity index (χ0n) is 80.4. The maximum Gasteiger partial charge on any atom is 0.490 e. The van der Waals surface area contributed by atoms with Crippen molar-refractivity contribution in [3.05, 3.63) is 329 Å². The molecule has 14 aromatic rings. The number of nitrogens with zero attached hydrogens (tertiary/aromatic N) is 8. The van der Waals surface area contributed by atoms with Crippen LogP contribution >= 0.6 is 15.9 Å². The molecule has 3 saturated heterocycles. The first-order valence-electron chi connectivity index (χ1n) is 48.1. The number of aliphatic hydroxyl groups excluding tert-OH is 1. The fourth-order valence-electron chi connectivity index (χ4n) is 18.6. The average Bonchev–Trinajstić information content (AvgIpc) is 1.62. The third kappa shape index (κ3) is 25.7. The van der Waals surface area contributed by atoms with Crippen LogP contribution in [0.2, 0.25) is 0 Å². The van der Waals surface area contributed by atoms with Crippen molar-refractivity contribution in [2.75, 3.05) is 39.4 Å². The molecular formula is C112H122BBrN10O14S2. The number of allylic oxidation sites excluding steroid dienone is 4. The number of aromatic nitrogens is 7. The number of pyridine rings is 6. The number of carbonyl (C=O) groups is 3. The Hall–Kier alpha value is -11.9. The van der Waals surface area contributed by atoms with Crippen LogP contribution in [0.1, 0.15) is 217 Å². The molecule has 726 valence electrons. The van der Waals surface area contributed by atoms with Crippen molar-refractivity contribution in [3.63, 3.8) is 0 Å². The summed E-state index contributed by atoms with van der Waals surface area (Å²) in [5.74, 6) is 1.29. The van der Waals surface area contributed by atoms with Crippen LogP contribution in [0.25, 0.3) is 71.2 Å². The summed E-state index contributed by atoms with van der Waals surface area (Å²) in [6.07, 6.45) is 39.1. The van der Waals surface area contributed by atoms with Crippen LogP contribution < -0.4 is 10.6 Å². The Labute approximate surface area is 828 Å². The summed E-state index contributed by atoms with van der Waals surface area (Å²) in [6, 6.07) is 66.7. The first kappa shape index (κ1) is 102. The topological polar surface area (TPSA) is 327 Å². The number of ether oxygens (including phenoxy) is 4. The Bertz CT molecular complexity index is 7020. The molecule has 24 nitrogen and oxygen atoms in total. The number of nitrogens with one attached hydrogen (secondary N) is 1. The molecule has 28 heteroatoms. The number of ketones is 2. The molecule has 0 bridgehead atoms. The van der Waals surface area contributed by atoms with Crippen LogP contribution in [0.5, 0.6) is 0 Å². The minimum Gasteiger partial charge on any atom is -0.400 e. The maximum atomic E-state index is 12.4. The number of benzene rings is 7. The van der Waals surface area contributed by atoms with Gasteiger partial charge in [0.2, 0.25) is 0 Å². The number of halogens is 1. The van der Waals surface area contributed by atoms with Crippen molar-refractivity contribution in [3.8, 4) is 0 Å². The molecule has 0 unspecified atom stereocenters. The largest absolute Gasteiger partial charge is 0.490 e. The van der Waals surface area contributed by atoms with Gasteiger partial charge < -0.3 is 43.5 Å². The van der Waals surface area contributed by atoms with Crippen LogP contribution in [0.15, 0.2) is 299 Å². The normalized spacial score (nSPS) is 18.4. The Morgan fingerprint density at radius 3 is 1.38 bits per heavy atom. The van der Waals surface area contributed by atoms with Crippen molar-refractivity contribution >= 4 is 138 Å². The second-order valence-electron chi connectivity index (χ2n) is 37.1. The van der Waals surface area contributed by atoms with E-state index in [0.29, 0.717) is 55.4 Å². The number of hydrogen-bond acceptors (Lipinski definition) is 22. The Balaban J connectivity index is 0.000000122. The third-order valence-corrected chi connectivity index (χ3v) is 30.7. The highest BCUT2D eigenvalue weighted by Gasteiger charge is 2.53. The van der Waals surface area contributed by atoms with Gasteiger partial charge in [-0.3, -0.25) is 39.3 Å². The van der Waals surface area contributed by atoms with E-state index in [1.165, 1.54) is 78.8 Å². The van der Waals surface area contributed by atoms with E-state index >= 15 is 0 Å². The number of hydrogen-bond donors (Lipinski definition) is 3. The van der Waals surface area contributed by atoms with Crippen molar-refractivity contribution in [2.45, 2.75) is 214 Å². The minimum atomic E-state index is -3.62. The number of rotatable bonds is 12. The predicted molar refractivity (Wildman–Crippen MR) is 557 cm³/mol. The highest BCUT2D eigenvalue weighted by molar-refractivity contribution is 9.10. The molecule has 0 atom stereocenters. The average molecular weight is 1990 g/mol. The SMILES string of the molecule is Brc1ccnc2ccccc12.C1=C(c2ccnc3ccccc23)CCC2(C1)OCCO2.CC1(C)OB(C2=CCC3(CC2)OCCO3)OC1(C)C.CO.Cc1ccc(S(=O)(=O)CN)cc1.Cc1ccc(S(=O)(=O)NN=C2CCC(c3ccnc4ccccc34)CC2)cc1.O=C1CC=C(c2ccnc3ccccc23)CC1.O=C1CCC(c2ccnc3ccccc23)CC1.O=Cc1c(C2CC2)ccn2cncc12. The van der Waals surface area contributed by atoms with E-state index in [4.69, 9.17) is 39.1 Å². The van der Waals surface area contributed by atoms with Gasteiger partial charge in [-0.25, -0.2) is 18.2 Å². The maximum absolute atomic E-state index is 12.4. The number of Topliss-reactive ketones (excluding diaryl/α,β-unsaturated/α-hetero) is 2.